The lowest BCUT2D eigenvalue weighted by atomic mass is 10.1. The highest BCUT2D eigenvalue weighted by molar-refractivity contribution is 8.00. The van der Waals surface area contributed by atoms with Gasteiger partial charge in [0.25, 0.3) is 0 Å². The van der Waals surface area contributed by atoms with E-state index in [1.807, 2.05) is 72.5 Å². The van der Waals surface area contributed by atoms with E-state index in [2.05, 4.69) is 0 Å². The first kappa shape index (κ1) is 20.6. The maximum absolute atomic E-state index is 12.6. The zero-order valence-corrected chi connectivity index (χ0v) is 18.2. The van der Waals surface area contributed by atoms with E-state index in [0.717, 1.165) is 16.8 Å². The highest BCUT2D eigenvalue weighted by atomic mass is 35.5. The lowest BCUT2D eigenvalue weighted by molar-refractivity contribution is -0.115. The minimum absolute atomic E-state index is 0.0784. The third-order valence-corrected chi connectivity index (χ3v) is 6.23. The molecule has 1 atom stereocenters. The predicted octanol–water partition coefficient (Wildman–Crippen LogP) is 6.10. The zero-order chi connectivity index (χ0) is 20.9. The van der Waals surface area contributed by atoms with Gasteiger partial charge in [-0.3, -0.25) is 9.69 Å². The van der Waals surface area contributed by atoms with Crippen LogP contribution in [0.25, 0.3) is 0 Å². The Morgan fingerprint density at radius 2 is 1.77 bits per heavy atom. The maximum Gasteiger partial charge on any atom is 0.238 e. The van der Waals surface area contributed by atoms with Gasteiger partial charge >= 0.3 is 0 Å². The van der Waals surface area contributed by atoms with Crippen LogP contribution in [0.15, 0.2) is 72.8 Å². The van der Waals surface area contributed by atoms with Gasteiger partial charge in [0.2, 0.25) is 5.91 Å². The first-order valence-electron chi connectivity index (χ1n) is 9.78. The molecule has 1 saturated heterocycles. The molecular weight excluding hydrogens is 418 g/mol. The van der Waals surface area contributed by atoms with Crippen molar-refractivity contribution < 1.29 is 14.3 Å². The summed E-state index contributed by atoms with van der Waals surface area (Å²) in [6, 6.07) is 23.3. The summed E-state index contributed by atoms with van der Waals surface area (Å²) in [6.45, 7) is 2.94. The minimum atomic E-state index is -0.124. The van der Waals surface area contributed by atoms with Gasteiger partial charge in [-0.2, -0.15) is 0 Å². The molecule has 1 aliphatic heterocycles. The van der Waals surface area contributed by atoms with Gasteiger partial charge in [0, 0.05) is 10.7 Å². The monoisotopic (exact) mass is 439 g/mol. The summed E-state index contributed by atoms with van der Waals surface area (Å²) in [6.07, 6.45) is 0. The summed E-state index contributed by atoms with van der Waals surface area (Å²) < 4.78 is 11.9. The van der Waals surface area contributed by atoms with Crippen LogP contribution in [-0.2, 0) is 11.4 Å². The molecule has 6 heteroatoms. The maximum atomic E-state index is 12.6. The number of amides is 1. The molecule has 1 fully saturated rings. The van der Waals surface area contributed by atoms with E-state index in [-0.39, 0.29) is 11.3 Å². The van der Waals surface area contributed by atoms with E-state index in [0.29, 0.717) is 35.5 Å². The molecule has 3 aromatic rings. The number of benzene rings is 3. The number of carbonyl (C=O) groups is 1. The van der Waals surface area contributed by atoms with Crippen molar-refractivity contribution in [2.45, 2.75) is 18.9 Å². The first-order valence-corrected chi connectivity index (χ1v) is 11.2. The second-order valence-electron chi connectivity index (χ2n) is 6.82. The number of hydrogen-bond acceptors (Lipinski definition) is 4. The largest absolute Gasteiger partial charge is 0.490 e. The number of halogens is 1. The molecular formula is C24H22ClNO3S. The summed E-state index contributed by atoms with van der Waals surface area (Å²) in [7, 11) is 0. The molecule has 0 N–H and O–H groups in total. The zero-order valence-electron chi connectivity index (χ0n) is 16.6. The Kier molecular flexibility index (Phi) is 6.50. The van der Waals surface area contributed by atoms with Crippen molar-refractivity contribution in [2.24, 2.45) is 0 Å². The quantitative estimate of drug-likeness (QED) is 0.446. The molecule has 4 nitrogen and oxygen atoms in total. The SMILES string of the molecule is CCOc1cc([C@@H]2SCC(=O)N2c2ccc(Cl)cc2)ccc1OCc1ccccc1. The Labute approximate surface area is 185 Å². The standard InChI is InChI=1S/C24H22ClNO3S/c1-2-28-22-14-18(8-13-21(22)29-15-17-6-4-3-5-7-17)24-26(23(27)16-30-24)20-11-9-19(25)10-12-20/h3-14,24H,2,15-16H2,1H3/t24-/m0/s1. The molecule has 30 heavy (non-hydrogen) atoms. The molecule has 1 heterocycles. The second kappa shape index (κ2) is 9.45. The fourth-order valence-electron chi connectivity index (χ4n) is 3.35. The average molecular weight is 440 g/mol. The van der Waals surface area contributed by atoms with Crippen LogP contribution in [0.1, 0.15) is 23.4 Å². The van der Waals surface area contributed by atoms with Crippen molar-refractivity contribution >= 4 is 35.0 Å². The molecule has 4 rings (SSSR count). The van der Waals surface area contributed by atoms with E-state index >= 15 is 0 Å². The molecule has 1 aliphatic rings. The van der Waals surface area contributed by atoms with Gasteiger partial charge in [-0.25, -0.2) is 0 Å². The van der Waals surface area contributed by atoms with Crippen molar-refractivity contribution in [2.75, 3.05) is 17.3 Å². The van der Waals surface area contributed by atoms with Crippen LogP contribution >= 0.6 is 23.4 Å². The van der Waals surface area contributed by atoms with Gasteiger partial charge in [0.05, 0.1) is 12.4 Å². The Balaban J connectivity index is 1.59. The number of ether oxygens (including phenoxy) is 2. The van der Waals surface area contributed by atoms with Crippen LogP contribution < -0.4 is 14.4 Å². The Morgan fingerprint density at radius 3 is 2.50 bits per heavy atom. The van der Waals surface area contributed by atoms with E-state index < -0.39 is 0 Å². The van der Waals surface area contributed by atoms with Crippen LogP contribution in [-0.4, -0.2) is 18.3 Å². The molecule has 0 spiro atoms. The Morgan fingerprint density at radius 1 is 1.00 bits per heavy atom. The number of anilines is 1. The third-order valence-electron chi connectivity index (χ3n) is 4.76. The van der Waals surface area contributed by atoms with E-state index in [1.165, 1.54) is 0 Å². The molecule has 0 radical (unpaired) electrons. The lowest BCUT2D eigenvalue weighted by Gasteiger charge is -2.25. The molecule has 3 aromatic carbocycles. The fourth-order valence-corrected chi connectivity index (χ4v) is 4.65. The Hall–Kier alpha value is -2.63. The molecule has 1 amide bonds. The van der Waals surface area contributed by atoms with Crippen molar-refractivity contribution in [3.63, 3.8) is 0 Å². The van der Waals surface area contributed by atoms with Gasteiger partial charge in [0.1, 0.15) is 12.0 Å². The average Bonchev–Trinajstić information content (AvgIpc) is 3.16. The van der Waals surface area contributed by atoms with Crippen LogP contribution in [0.4, 0.5) is 5.69 Å². The van der Waals surface area contributed by atoms with Gasteiger partial charge < -0.3 is 9.47 Å². The third kappa shape index (κ3) is 4.58. The summed E-state index contributed by atoms with van der Waals surface area (Å²) >= 11 is 7.62. The normalized spacial score (nSPS) is 16.0. The van der Waals surface area contributed by atoms with Gasteiger partial charge in [-0.1, -0.05) is 48.0 Å². The highest BCUT2D eigenvalue weighted by Crippen LogP contribution is 2.44. The van der Waals surface area contributed by atoms with Crippen LogP contribution in [0.2, 0.25) is 5.02 Å². The number of hydrogen-bond donors (Lipinski definition) is 0. The fraction of sp³-hybridized carbons (Fsp3) is 0.208. The lowest BCUT2D eigenvalue weighted by Crippen LogP contribution is -2.27. The van der Waals surface area contributed by atoms with Gasteiger partial charge in [-0.15, -0.1) is 11.8 Å². The summed E-state index contributed by atoms with van der Waals surface area (Å²) in [5.41, 5.74) is 2.92. The molecule has 0 unspecified atom stereocenters. The first-order chi connectivity index (χ1) is 14.7. The summed E-state index contributed by atoms with van der Waals surface area (Å²) in [5, 5.41) is 0.522. The van der Waals surface area contributed by atoms with E-state index in [9.17, 15) is 4.79 Å². The van der Waals surface area contributed by atoms with Crippen molar-refractivity contribution in [1.29, 1.82) is 0 Å². The van der Waals surface area contributed by atoms with Gasteiger partial charge in [-0.05, 0) is 54.4 Å². The summed E-state index contributed by atoms with van der Waals surface area (Å²) in [4.78, 5) is 14.4. The second-order valence-corrected chi connectivity index (χ2v) is 8.32. The topological polar surface area (TPSA) is 38.8 Å². The predicted molar refractivity (Wildman–Crippen MR) is 123 cm³/mol. The molecule has 0 aliphatic carbocycles. The molecule has 0 bridgehead atoms. The molecule has 154 valence electrons. The van der Waals surface area contributed by atoms with E-state index in [1.54, 1.807) is 23.9 Å². The number of nitrogens with zero attached hydrogens (tertiary/aromatic N) is 1. The van der Waals surface area contributed by atoms with Crippen LogP contribution in [0, 0.1) is 0 Å². The van der Waals surface area contributed by atoms with Crippen molar-refractivity contribution in [3.05, 3.63) is 88.9 Å². The van der Waals surface area contributed by atoms with Crippen LogP contribution in [0.5, 0.6) is 11.5 Å². The van der Waals surface area contributed by atoms with Crippen LogP contribution in [0.3, 0.4) is 0 Å². The smallest absolute Gasteiger partial charge is 0.238 e. The number of thioether (sulfide) groups is 1. The van der Waals surface area contributed by atoms with Crippen molar-refractivity contribution in [1.82, 2.24) is 0 Å². The highest BCUT2D eigenvalue weighted by Gasteiger charge is 2.34. The number of rotatable bonds is 7. The molecule has 0 aromatic heterocycles. The minimum Gasteiger partial charge on any atom is -0.490 e. The van der Waals surface area contributed by atoms with Gasteiger partial charge in [0.15, 0.2) is 11.5 Å². The molecule has 0 saturated carbocycles. The van der Waals surface area contributed by atoms with E-state index in [4.69, 9.17) is 21.1 Å². The Bertz CT molecular complexity index is 1010. The summed E-state index contributed by atoms with van der Waals surface area (Å²) in [5.74, 6) is 1.89. The van der Waals surface area contributed by atoms with Crippen molar-refractivity contribution in [3.8, 4) is 11.5 Å². The number of carbonyl (C=O) groups excluding carboxylic acids is 1.